The van der Waals surface area contributed by atoms with E-state index in [1.807, 2.05) is 6.07 Å². The van der Waals surface area contributed by atoms with E-state index in [9.17, 15) is 4.79 Å². The second-order valence-corrected chi connectivity index (χ2v) is 7.82. The Labute approximate surface area is 171 Å². The van der Waals surface area contributed by atoms with Crippen LogP contribution in [0.5, 0.6) is 10.9 Å². The number of aromatic nitrogens is 3. The lowest BCUT2D eigenvalue weighted by Crippen LogP contribution is -2.23. The fourth-order valence-electron chi connectivity index (χ4n) is 2.39. The van der Waals surface area contributed by atoms with E-state index in [0.717, 1.165) is 5.69 Å². The van der Waals surface area contributed by atoms with Crippen molar-refractivity contribution in [1.82, 2.24) is 20.4 Å². The van der Waals surface area contributed by atoms with Crippen molar-refractivity contribution in [3.05, 3.63) is 35.3 Å². The van der Waals surface area contributed by atoms with E-state index >= 15 is 0 Å². The lowest BCUT2D eigenvalue weighted by Gasteiger charge is -2.11. The number of thiazole rings is 1. The Kier molecular flexibility index (Phi) is 6.15. The van der Waals surface area contributed by atoms with E-state index < -0.39 is 0 Å². The zero-order valence-corrected chi connectivity index (χ0v) is 17.4. The van der Waals surface area contributed by atoms with E-state index in [1.165, 1.54) is 18.3 Å². The summed E-state index contributed by atoms with van der Waals surface area (Å²) in [5.41, 5.74) is 0.916. The summed E-state index contributed by atoms with van der Waals surface area (Å²) in [5.74, 6) is 1.02. The average Bonchev–Trinajstić information content (AvgIpc) is 3.25. The molecule has 0 bridgehead atoms. The summed E-state index contributed by atoms with van der Waals surface area (Å²) in [5, 5.41) is 10.8. The molecule has 10 heteroatoms. The Hall–Kier alpha value is -2.65. The molecule has 0 saturated carbocycles. The van der Waals surface area contributed by atoms with Crippen molar-refractivity contribution in [2.24, 2.45) is 0 Å². The number of anilines is 1. The Balaban J connectivity index is 1.71. The molecular formula is C18H20ClN5O3S. The van der Waals surface area contributed by atoms with Crippen LogP contribution in [0.1, 0.15) is 39.6 Å². The van der Waals surface area contributed by atoms with E-state index in [2.05, 4.69) is 39.6 Å². The molecule has 8 nitrogen and oxygen atoms in total. The summed E-state index contributed by atoms with van der Waals surface area (Å²) >= 11 is 7.57. The van der Waals surface area contributed by atoms with Crippen molar-refractivity contribution < 1.29 is 14.1 Å². The second kappa shape index (κ2) is 8.57. The van der Waals surface area contributed by atoms with Gasteiger partial charge >= 0.3 is 0 Å². The van der Waals surface area contributed by atoms with Crippen LogP contribution >= 0.6 is 22.9 Å². The van der Waals surface area contributed by atoms with E-state index in [0.29, 0.717) is 38.6 Å². The molecule has 1 aromatic carbocycles. The number of amides is 1. The molecule has 0 aliphatic carbocycles. The number of rotatable bonds is 7. The average molecular weight is 422 g/mol. The number of benzene rings is 1. The number of nitrogens with zero attached hydrogens (tertiary/aromatic N) is 3. The van der Waals surface area contributed by atoms with Gasteiger partial charge in [-0.05, 0) is 39.0 Å². The van der Waals surface area contributed by atoms with Crippen LogP contribution in [0.4, 0.5) is 5.69 Å². The van der Waals surface area contributed by atoms with Crippen LogP contribution in [0.2, 0.25) is 5.02 Å². The Morgan fingerprint density at radius 3 is 2.79 bits per heavy atom. The number of hydrogen-bond acceptors (Lipinski definition) is 8. The first-order valence-corrected chi connectivity index (χ1v) is 9.82. The summed E-state index contributed by atoms with van der Waals surface area (Å²) in [4.78, 5) is 20.3. The lowest BCUT2D eigenvalue weighted by molar-refractivity contribution is -0.119. The van der Waals surface area contributed by atoms with Crippen LogP contribution in [0.3, 0.4) is 0 Å². The fraction of sp³-hybridized carbons (Fsp3) is 0.333. The molecule has 0 radical (unpaired) electrons. The van der Waals surface area contributed by atoms with Gasteiger partial charge in [0, 0.05) is 18.7 Å². The number of carbonyl (C=O) groups excluding carboxylic acids is 1. The topological polar surface area (TPSA) is 102 Å². The minimum Gasteiger partial charge on any atom is -0.429 e. The van der Waals surface area contributed by atoms with Crippen LogP contribution in [-0.4, -0.2) is 27.1 Å². The molecule has 3 aromatic rings. The SMILES string of the molecule is CC(=O)NC(C)c1nc(-c2cnc(Oc3ccc(NC(C)C)cc3Cl)s2)no1. The molecule has 2 aromatic heterocycles. The van der Waals surface area contributed by atoms with Crippen LogP contribution in [-0.2, 0) is 4.79 Å². The summed E-state index contributed by atoms with van der Waals surface area (Å²) < 4.78 is 11.0. The molecule has 0 aliphatic rings. The van der Waals surface area contributed by atoms with Crippen LogP contribution in [0.25, 0.3) is 10.7 Å². The van der Waals surface area contributed by atoms with Crippen LogP contribution < -0.4 is 15.4 Å². The summed E-state index contributed by atoms with van der Waals surface area (Å²) in [6.07, 6.45) is 1.60. The number of nitrogens with one attached hydrogen (secondary N) is 2. The smallest absolute Gasteiger partial charge is 0.279 e. The van der Waals surface area contributed by atoms with Gasteiger partial charge in [0.1, 0.15) is 11.8 Å². The van der Waals surface area contributed by atoms with E-state index in [1.54, 1.807) is 25.3 Å². The first kappa shape index (κ1) is 20.1. The minimum absolute atomic E-state index is 0.174. The van der Waals surface area contributed by atoms with Crippen molar-refractivity contribution in [2.45, 2.75) is 39.8 Å². The number of carbonyl (C=O) groups is 1. The van der Waals surface area contributed by atoms with Crippen LogP contribution in [0.15, 0.2) is 28.9 Å². The van der Waals surface area contributed by atoms with Gasteiger partial charge in [0.2, 0.25) is 17.6 Å². The van der Waals surface area contributed by atoms with Gasteiger partial charge in [-0.1, -0.05) is 28.1 Å². The maximum atomic E-state index is 11.1. The van der Waals surface area contributed by atoms with Crippen molar-refractivity contribution >= 4 is 34.5 Å². The minimum atomic E-state index is -0.376. The molecule has 2 heterocycles. The van der Waals surface area contributed by atoms with Crippen LogP contribution in [0, 0.1) is 0 Å². The quantitative estimate of drug-likeness (QED) is 0.572. The predicted molar refractivity (Wildman–Crippen MR) is 108 cm³/mol. The monoisotopic (exact) mass is 421 g/mol. The highest BCUT2D eigenvalue weighted by Crippen LogP contribution is 2.36. The van der Waals surface area contributed by atoms with Gasteiger partial charge in [-0.25, -0.2) is 4.98 Å². The maximum absolute atomic E-state index is 11.1. The van der Waals surface area contributed by atoms with Crippen molar-refractivity contribution in [1.29, 1.82) is 0 Å². The van der Waals surface area contributed by atoms with Gasteiger partial charge in [0.25, 0.3) is 5.19 Å². The summed E-state index contributed by atoms with van der Waals surface area (Å²) in [6.45, 7) is 7.29. The first-order chi connectivity index (χ1) is 13.3. The van der Waals surface area contributed by atoms with Crippen molar-refractivity contribution in [3.63, 3.8) is 0 Å². The van der Waals surface area contributed by atoms with Gasteiger partial charge < -0.3 is 19.9 Å². The molecule has 1 unspecified atom stereocenters. The van der Waals surface area contributed by atoms with Gasteiger partial charge in [0.15, 0.2) is 0 Å². The molecular weight excluding hydrogens is 402 g/mol. The van der Waals surface area contributed by atoms with Gasteiger partial charge in [-0.3, -0.25) is 4.79 Å². The Morgan fingerprint density at radius 2 is 2.11 bits per heavy atom. The molecule has 1 atom stereocenters. The number of halogens is 1. The third kappa shape index (κ3) is 4.99. The molecule has 0 fully saturated rings. The number of hydrogen-bond donors (Lipinski definition) is 2. The highest BCUT2D eigenvalue weighted by molar-refractivity contribution is 7.16. The Morgan fingerprint density at radius 1 is 1.32 bits per heavy atom. The summed E-state index contributed by atoms with van der Waals surface area (Å²) in [6, 6.07) is 5.41. The molecule has 0 spiro atoms. The first-order valence-electron chi connectivity index (χ1n) is 8.62. The van der Waals surface area contributed by atoms with Gasteiger partial charge in [0.05, 0.1) is 16.1 Å². The predicted octanol–water partition coefficient (Wildman–Crippen LogP) is 4.66. The second-order valence-electron chi connectivity index (χ2n) is 6.42. The Bertz CT molecular complexity index is 972. The standard InChI is InChI=1S/C18H20ClN5O3S/c1-9(2)21-12-5-6-14(13(19)7-12)26-18-20-8-15(28-18)16-23-17(27-24-16)10(3)22-11(4)25/h5-10,21H,1-4H3,(H,22,25). The third-order valence-electron chi connectivity index (χ3n) is 3.52. The van der Waals surface area contributed by atoms with Gasteiger partial charge in [-0.2, -0.15) is 4.98 Å². The molecule has 3 rings (SSSR count). The summed E-state index contributed by atoms with van der Waals surface area (Å²) in [7, 11) is 0. The third-order valence-corrected chi connectivity index (χ3v) is 4.69. The highest BCUT2D eigenvalue weighted by Gasteiger charge is 2.18. The zero-order valence-electron chi connectivity index (χ0n) is 15.8. The normalized spacial score (nSPS) is 12.1. The van der Waals surface area contributed by atoms with E-state index in [4.69, 9.17) is 20.9 Å². The molecule has 28 heavy (non-hydrogen) atoms. The molecule has 148 valence electrons. The molecule has 0 saturated heterocycles. The molecule has 0 aliphatic heterocycles. The van der Waals surface area contributed by atoms with Crippen molar-refractivity contribution in [2.75, 3.05) is 5.32 Å². The zero-order chi connectivity index (χ0) is 20.3. The lowest BCUT2D eigenvalue weighted by atomic mass is 10.2. The highest BCUT2D eigenvalue weighted by atomic mass is 35.5. The van der Waals surface area contributed by atoms with Crippen molar-refractivity contribution in [3.8, 4) is 21.6 Å². The van der Waals surface area contributed by atoms with E-state index in [-0.39, 0.29) is 11.9 Å². The fourth-order valence-corrected chi connectivity index (χ4v) is 3.31. The van der Waals surface area contributed by atoms with Gasteiger partial charge in [-0.15, -0.1) is 0 Å². The molecule has 1 amide bonds. The number of ether oxygens (including phenoxy) is 1. The molecule has 2 N–H and O–H groups in total. The largest absolute Gasteiger partial charge is 0.429 e. The maximum Gasteiger partial charge on any atom is 0.279 e.